The van der Waals surface area contributed by atoms with Gasteiger partial charge in [-0.15, -0.1) is 12.4 Å². The molecule has 1 atom stereocenters. The van der Waals surface area contributed by atoms with Crippen molar-refractivity contribution >= 4 is 22.4 Å². The number of nitrogens with one attached hydrogen (secondary N) is 2. The van der Waals surface area contributed by atoms with Crippen molar-refractivity contribution in [3.05, 3.63) is 23.3 Å². The van der Waals surface area contributed by atoms with Crippen LogP contribution in [0, 0.1) is 19.8 Å². The van der Waals surface area contributed by atoms with Crippen molar-refractivity contribution < 1.29 is 13.2 Å². The predicted molar refractivity (Wildman–Crippen MR) is 95.1 cm³/mol. The minimum absolute atomic E-state index is 0. The molecular formula is C16H27ClN2O3S. The predicted octanol–water partition coefficient (Wildman–Crippen LogP) is 2.40. The lowest BCUT2D eigenvalue weighted by Crippen LogP contribution is -2.33. The molecule has 2 rings (SSSR count). The van der Waals surface area contributed by atoms with Crippen LogP contribution in [0.15, 0.2) is 17.0 Å². The van der Waals surface area contributed by atoms with Crippen molar-refractivity contribution in [2.75, 3.05) is 26.7 Å². The average Bonchev–Trinajstić information content (AvgIpc) is 2.48. The maximum absolute atomic E-state index is 12.4. The minimum Gasteiger partial charge on any atom is -0.496 e. The van der Waals surface area contributed by atoms with E-state index in [1.54, 1.807) is 19.2 Å². The van der Waals surface area contributed by atoms with Crippen LogP contribution in [0.5, 0.6) is 5.75 Å². The second-order valence-electron chi connectivity index (χ2n) is 5.99. The van der Waals surface area contributed by atoms with Crippen LogP contribution in [0.4, 0.5) is 0 Å². The molecule has 0 spiro atoms. The Balaban J connectivity index is 0.00000264. The van der Waals surface area contributed by atoms with Gasteiger partial charge in [0.25, 0.3) is 0 Å². The van der Waals surface area contributed by atoms with Gasteiger partial charge in [0, 0.05) is 6.54 Å². The van der Waals surface area contributed by atoms with Gasteiger partial charge in [0.15, 0.2) is 0 Å². The molecule has 0 saturated carbocycles. The number of methoxy groups -OCH3 is 1. The van der Waals surface area contributed by atoms with Gasteiger partial charge in [-0.05, 0) is 75.4 Å². The smallest absolute Gasteiger partial charge is 0.240 e. The molecule has 1 saturated heterocycles. The zero-order chi connectivity index (χ0) is 16.2. The lowest BCUT2D eigenvalue weighted by molar-refractivity contribution is 0.358. The fourth-order valence-electron chi connectivity index (χ4n) is 3.04. The molecule has 0 radical (unpaired) electrons. The SMILES string of the molecule is COc1c(C)cc(S(=O)(=O)NCCC2CCCNC2)cc1C.Cl. The third-order valence-electron chi connectivity index (χ3n) is 4.19. The van der Waals surface area contributed by atoms with Gasteiger partial charge in [0.2, 0.25) is 10.0 Å². The van der Waals surface area contributed by atoms with E-state index in [0.29, 0.717) is 17.4 Å². The Bertz CT molecular complexity index is 591. The van der Waals surface area contributed by atoms with E-state index < -0.39 is 10.0 Å². The lowest BCUT2D eigenvalue weighted by atomic mass is 9.96. The van der Waals surface area contributed by atoms with Gasteiger partial charge in [-0.25, -0.2) is 13.1 Å². The van der Waals surface area contributed by atoms with Crippen molar-refractivity contribution in [2.45, 2.75) is 38.0 Å². The molecule has 0 aliphatic carbocycles. The highest BCUT2D eigenvalue weighted by Crippen LogP contribution is 2.26. The second kappa shape index (κ2) is 8.87. The van der Waals surface area contributed by atoms with Crippen LogP contribution in [-0.2, 0) is 10.0 Å². The molecule has 1 unspecified atom stereocenters. The highest BCUT2D eigenvalue weighted by molar-refractivity contribution is 7.89. The largest absolute Gasteiger partial charge is 0.496 e. The van der Waals surface area contributed by atoms with Crippen LogP contribution in [0.1, 0.15) is 30.4 Å². The summed E-state index contributed by atoms with van der Waals surface area (Å²) in [5, 5.41) is 3.35. The Morgan fingerprint density at radius 3 is 2.48 bits per heavy atom. The molecule has 1 heterocycles. The van der Waals surface area contributed by atoms with Gasteiger partial charge < -0.3 is 10.1 Å². The van der Waals surface area contributed by atoms with Crippen molar-refractivity contribution in [1.82, 2.24) is 10.0 Å². The number of benzene rings is 1. The van der Waals surface area contributed by atoms with Gasteiger partial charge >= 0.3 is 0 Å². The third kappa shape index (κ3) is 5.35. The summed E-state index contributed by atoms with van der Waals surface area (Å²) < 4.78 is 32.8. The summed E-state index contributed by atoms with van der Waals surface area (Å²) >= 11 is 0. The topological polar surface area (TPSA) is 67.4 Å². The molecule has 0 amide bonds. The van der Waals surface area contributed by atoms with Crippen molar-refractivity contribution in [3.8, 4) is 5.75 Å². The number of sulfonamides is 1. The summed E-state index contributed by atoms with van der Waals surface area (Å²) in [4.78, 5) is 0.310. The fourth-order valence-corrected chi connectivity index (χ4v) is 4.26. The highest BCUT2D eigenvalue weighted by Gasteiger charge is 2.18. The van der Waals surface area contributed by atoms with Crippen LogP contribution >= 0.6 is 12.4 Å². The Hall–Kier alpha value is -0.820. The fraction of sp³-hybridized carbons (Fsp3) is 0.625. The quantitative estimate of drug-likeness (QED) is 0.815. The highest BCUT2D eigenvalue weighted by atomic mass is 35.5. The minimum atomic E-state index is -3.46. The van der Waals surface area contributed by atoms with E-state index in [2.05, 4.69) is 10.0 Å². The number of ether oxygens (including phenoxy) is 1. The lowest BCUT2D eigenvalue weighted by Gasteiger charge is -2.22. The molecule has 1 aliphatic rings. The first-order chi connectivity index (χ1) is 10.4. The number of hydrogen-bond donors (Lipinski definition) is 2. The molecule has 1 fully saturated rings. The van der Waals surface area contributed by atoms with Gasteiger partial charge in [-0.1, -0.05) is 0 Å². The van der Waals surface area contributed by atoms with E-state index in [9.17, 15) is 8.42 Å². The third-order valence-corrected chi connectivity index (χ3v) is 5.63. The van der Waals surface area contributed by atoms with E-state index in [0.717, 1.165) is 36.4 Å². The first-order valence-electron chi connectivity index (χ1n) is 7.79. The van der Waals surface area contributed by atoms with Crippen molar-refractivity contribution in [1.29, 1.82) is 0 Å². The molecule has 1 aromatic rings. The van der Waals surface area contributed by atoms with Crippen molar-refractivity contribution in [3.63, 3.8) is 0 Å². The maximum atomic E-state index is 12.4. The molecule has 7 heteroatoms. The van der Waals surface area contributed by atoms with E-state index in [4.69, 9.17) is 4.74 Å². The first-order valence-corrected chi connectivity index (χ1v) is 9.28. The summed E-state index contributed by atoms with van der Waals surface area (Å²) in [5.74, 6) is 1.31. The standard InChI is InChI=1S/C16H26N2O3S.ClH/c1-12-9-15(10-13(2)16(12)21-3)22(19,20)18-8-6-14-5-4-7-17-11-14;/h9-10,14,17-18H,4-8,11H2,1-3H3;1H. The van der Waals surface area contributed by atoms with Crippen LogP contribution in [-0.4, -0.2) is 35.2 Å². The summed E-state index contributed by atoms with van der Waals surface area (Å²) in [5.41, 5.74) is 1.67. The van der Waals surface area contributed by atoms with Crippen LogP contribution in [0.3, 0.4) is 0 Å². The normalized spacial score (nSPS) is 18.3. The van der Waals surface area contributed by atoms with Crippen LogP contribution in [0.2, 0.25) is 0 Å². The van der Waals surface area contributed by atoms with E-state index >= 15 is 0 Å². The van der Waals surface area contributed by atoms with Crippen LogP contribution in [0.25, 0.3) is 0 Å². The number of aryl methyl sites for hydroxylation is 2. The molecule has 23 heavy (non-hydrogen) atoms. The Morgan fingerprint density at radius 2 is 1.96 bits per heavy atom. The second-order valence-corrected chi connectivity index (χ2v) is 7.76. The van der Waals surface area contributed by atoms with E-state index in [1.165, 1.54) is 12.8 Å². The zero-order valence-electron chi connectivity index (χ0n) is 14.0. The Kier molecular flexibility index (Phi) is 7.80. The number of rotatable bonds is 6. The summed E-state index contributed by atoms with van der Waals surface area (Å²) in [6, 6.07) is 3.33. The van der Waals surface area contributed by atoms with E-state index in [-0.39, 0.29) is 12.4 Å². The van der Waals surface area contributed by atoms with Gasteiger partial charge in [0.05, 0.1) is 12.0 Å². The van der Waals surface area contributed by atoms with Gasteiger partial charge in [-0.3, -0.25) is 0 Å². The number of halogens is 1. The molecule has 2 N–H and O–H groups in total. The van der Waals surface area contributed by atoms with Gasteiger partial charge in [-0.2, -0.15) is 0 Å². The summed E-state index contributed by atoms with van der Waals surface area (Å²) in [6.07, 6.45) is 3.23. The van der Waals surface area contributed by atoms with Crippen molar-refractivity contribution in [2.24, 2.45) is 5.92 Å². The Morgan fingerprint density at radius 1 is 1.30 bits per heavy atom. The monoisotopic (exact) mass is 362 g/mol. The molecule has 1 aliphatic heterocycles. The summed E-state index contributed by atoms with van der Waals surface area (Å²) in [7, 11) is -1.86. The molecule has 132 valence electrons. The molecule has 0 bridgehead atoms. The number of piperidine rings is 1. The maximum Gasteiger partial charge on any atom is 0.240 e. The van der Waals surface area contributed by atoms with E-state index in [1.807, 2.05) is 13.8 Å². The first kappa shape index (κ1) is 20.2. The molecular weight excluding hydrogens is 336 g/mol. The Labute approximate surface area is 145 Å². The zero-order valence-corrected chi connectivity index (χ0v) is 15.6. The average molecular weight is 363 g/mol. The van der Waals surface area contributed by atoms with Crippen LogP contribution < -0.4 is 14.8 Å². The molecule has 1 aromatic carbocycles. The molecule has 0 aromatic heterocycles. The number of hydrogen-bond acceptors (Lipinski definition) is 4. The van der Waals surface area contributed by atoms with Gasteiger partial charge in [0.1, 0.15) is 5.75 Å². The molecule has 5 nitrogen and oxygen atoms in total. The summed E-state index contributed by atoms with van der Waals surface area (Å²) in [6.45, 7) is 6.27.